The fraction of sp³-hybridized carbons (Fsp3) is 0.250. The molecule has 2 heterocycles. The summed E-state index contributed by atoms with van der Waals surface area (Å²) >= 11 is 0. The van der Waals surface area contributed by atoms with E-state index in [4.69, 9.17) is 5.73 Å². The van der Waals surface area contributed by atoms with Crippen molar-refractivity contribution < 1.29 is 4.79 Å². The Hall–Kier alpha value is -2.37. The van der Waals surface area contributed by atoms with Crippen molar-refractivity contribution in [3.05, 3.63) is 42.6 Å². The number of imidazole rings is 1. The van der Waals surface area contributed by atoms with Crippen LogP contribution < -0.4 is 11.1 Å². The maximum Gasteiger partial charge on any atom is 0.250 e. The number of carbonyl (C=O) groups excluding carboxylic acids is 1. The largest absolute Gasteiger partial charge is 0.370 e. The summed E-state index contributed by atoms with van der Waals surface area (Å²) in [6.45, 7) is 1.72. The van der Waals surface area contributed by atoms with Gasteiger partial charge in [-0.25, -0.2) is 9.97 Å². The van der Waals surface area contributed by atoms with Crippen molar-refractivity contribution in [3.8, 4) is 0 Å². The van der Waals surface area contributed by atoms with Crippen LogP contribution in [0, 0.1) is 0 Å². The smallest absolute Gasteiger partial charge is 0.250 e. The summed E-state index contributed by atoms with van der Waals surface area (Å²) in [6.07, 6.45) is 7.92. The number of primary amides is 1. The Bertz CT molecular complexity index is 492. The molecule has 2 aromatic rings. The van der Waals surface area contributed by atoms with Gasteiger partial charge in [-0.2, -0.15) is 0 Å². The molecule has 6 heteroatoms. The van der Waals surface area contributed by atoms with E-state index in [1.165, 1.54) is 6.20 Å². The molecule has 0 spiro atoms. The topological polar surface area (TPSA) is 85.8 Å². The van der Waals surface area contributed by atoms with Gasteiger partial charge in [0.1, 0.15) is 5.82 Å². The number of rotatable bonds is 6. The van der Waals surface area contributed by atoms with Gasteiger partial charge in [-0.05, 0) is 18.6 Å². The van der Waals surface area contributed by atoms with E-state index >= 15 is 0 Å². The third-order valence-corrected chi connectivity index (χ3v) is 2.51. The first-order valence-electron chi connectivity index (χ1n) is 5.71. The number of nitrogens with zero attached hydrogens (tertiary/aromatic N) is 3. The van der Waals surface area contributed by atoms with Crippen LogP contribution >= 0.6 is 0 Å². The molecule has 0 saturated heterocycles. The summed E-state index contributed by atoms with van der Waals surface area (Å²) in [5.41, 5.74) is 5.55. The highest BCUT2D eigenvalue weighted by atomic mass is 16.1. The van der Waals surface area contributed by atoms with E-state index in [0.717, 1.165) is 25.3 Å². The molecule has 94 valence electrons. The second-order valence-corrected chi connectivity index (χ2v) is 3.88. The van der Waals surface area contributed by atoms with Crippen molar-refractivity contribution in [3.63, 3.8) is 0 Å². The molecule has 0 aromatic carbocycles. The quantitative estimate of drug-likeness (QED) is 0.740. The lowest BCUT2D eigenvalue weighted by molar-refractivity contribution is 0.1000. The van der Waals surface area contributed by atoms with Crippen molar-refractivity contribution in [2.75, 3.05) is 11.9 Å². The van der Waals surface area contributed by atoms with Crippen LogP contribution in [0.3, 0.4) is 0 Å². The normalized spacial score (nSPS) is 10.2. The summed E-state index contributed by atoms with van der Waals surface area (Å²) in [4.78, 5) is 18.9. The second-order valence-electron chi connectivity index (χ2n) is 3.88. The van der Waals surface area contributed by atoms with Crippen molar-refractivity contribution in [1.29, 1.82) is 0 Å². The lowest BCUT2D eigenvalue weighted by atomic mass is 10.3. The molecule has 2 aromatic heterocycles. The Labute approximate surface area is 105 Å². The monoisotopic (exact) mass is 245 g/mol. The minimum Gasteiger partial charge on any atom is -0.370 e. The lowest BCUT2D eigenvalue weighted by Crippen LogP contribution is -2.12. The number of pyridine rings is 1. The van der Waals surface area contributed by atoms with Crippen molar-refractivity contribution in [2.45, 2.75) is 13.0 Å². The van der Waals surface area contributed by atoms with Gasteiger partial charge in [-0.3, -0.25) is 4.79 Å². The van der Waals surface area contributed by atoms with Gasteiger partial charge in [0.2, 0.25) is 5.91 Å². The van der Waals surface area contributed by atoms with Crippen molar-refractivity contribution in [1.82, 2.24) is 14.5 Å². The van der Waals surface area contributed by atoms with Gasteiger partial charge in [0, 0.05) is 31.7 Å². The molecule has 0 aliphatic heterocycles. The molecule has 0 aliphatic carbocycles. The van der Waals surface area contributed by atoms with Crippen LogP contribution in [0.1, 0.15) is 16.8 Å². The predicted octanol–water partition coefficient (Wildman–Crippen LogP) is 0.879. The summed E-state index contributed by atoms with van der Waals surface area (Å²) < 4.78 is 2.02. The highest BCUT2D eigenvalue weighted by molar-refractivity contribution is 5.92. The van der Waals surface area contributed by atoms with Crippen LogP contribution in [-0.4, -0.2) is 27.0 Å². The highest BCUT2D eigenvalue weighted by Crippen LogP contribution is 2.04. The average Bonchev–Trinajstić information content (AvgIpc) is 2.88. The number of nitrogens with two attached hydrogens (primary N) is 1. The zero-order chi connectivity index (χ0) is 12.8. The first-order valence-corrected chi connectivity index (χ1v) is 5.71. The molecule has 0 radical (unpaired) electrons. The molecule has 0 bridgehead atoms. The number of hydrogen-bond donors (Lipinski definition) is 2. The number of carbonyl (C=O) groups is 1. The minimum absolute atomic E-state index is 0.416. The minimum atomic E-state index is -0.464. The van der Waals surface area contributed by atoms with E-state index < -0.39 is 5.91 Å². The van der Waals surface area contributed by atoms with E-state index in [-0.39, 0.29) is 0 Å². The van der Waals surface area contributed by atoms with Crippen LogP contribution in [0.2, 0.25) is 0 Å². The fourth-order valence-electron chi connectivity index (χ4n) is 1.54. The molecular formula is C12H15N5O. The predicted molar refractivity (Wildman–Crippen MR) is 68.1 cm³/mol. The van der Waals surface area contributed by atoms with Crippen molar-refractivity contribution >= 4 is 11.7 Å². The maximum absolute atomic E-state index is 10.9. The van der Waals surface area contributed by atoms with Crippen LogP contribution in [0.4, 0.5) is 5.82 Å². The van der Waals surface area contributed by atoms with Crippen LogP contribution in [0.5, 0.6) is 0 Å². The molecule has 6 nitrogen and oxygen atoms in total. The van der Waals surface area contributed by atoms with Crippen molar-refractivity contribution in [2.24, 2.45) is 5.73 Å². The van der Waals surface area contributed by atoms with E-state index in [1.54, 1.807) is 24.7 Å². The molecule has 0 fully saturated rings. The maximum atomic E-state index is 10.9. The average molecular weight is 245 g/mol. The molecule has 0 atom stereocenters. The summed E-state index contributed by atoms with van der Waals surface area (Å²) in [7, 11) is 0. The van der Waals surface area contributed by atoms with Gasteiger partial charge in [0.05, 0.1) is 11.9 Å². The van der Waals surface area contributed by atoms with Gasteiger partial charge >= 0.3 is 0 Å². The van der Waals surface area contributed by atoms with E-state index in [2.05, 4.69) is 15.3 Å². The first-order chi connectivity index (χ1) is 8.75. The van der Waals surface area contributed by atoms with E-state index in [9.17, 15) is 4.79 Å². The number of nitrogens with one attached hydrogen (secondary N) is 1. The number of aryl methyl sites for hydroxylation is 1. The number of anilines is 1. The standard InChI is InChI=1S/C12H15N5O/c13-12(18)10-2-3-11(16-8-10)15-4-1-6-17-7-5-14-9-17/h2-3,5,7-9H,1,4,6H2,(H2,13,18)(H,15,16). The zero-order valence-electron chi connectivity index (χ0n) is 9.91. The van der Waals surface area contributed by atoms with Crippen LogP contribution in [0.15, 0.2) is 37.1 Å². The molecule has 0 saturated carbocycles. The Kier molecular flexibility index (Phi) is 3.90. The lowest BCUT2D eigenvalue weighted by Gasteiger charge is -2.06. The van der Waals surface area contributed by atoms with E-state index in [1.807, 2.05) is 10.8 Å². The third kappa shape index (κ3) is 3.31. The van der Waals surface area contributed by atoms with Gasteiger partial charge in [-0.15, -0.1) is 0 Å². The highest BCUT2D eigenvalue weighted by Gasteiger charge is 2.00. The molecule has 2 rings (SSSR count). The second kappa shape index (κ2) is 5.81. The number of hydrogen-bond acceptors (Lipinski definition) is 4. The SMILES string of the molecule is NC(=O)c1ccc(NCCCn2ccnc2)nc1. The Morgan fingerprint density at radius 3 is 2.94 bits per heavy atom. The number of aromatic nitrogens is 3. The third-order valence-electron chi connectivity index (χ3n) is 2.51. The van der Waals surface area contributed by atoms with Gasteiger partial charge in [0.15, 0.2) is 0 Å². The molecule has 1 amide bonds. The molecule has 3 N–H and O–H groups in total. The fourth-order valence-corrected chi connectivity index (χ4v) is 1.54. The van der Waals surface area contributed by atoms with Gasteiger partial charge < -0.3 is 15.6 Å². The van der Waals surface area contributed by atoms with Gasteiger partial charge in [0.25, 0.3) is 0 Å². The summed E-state index contributed by atoms with van der Waals surface area (Å²) in [6, 6.07) is 3.41. The molecular weight excluding hydrogens is 230 g/mol. The first kappa shape index (κ1) is 12.1. The Morgan fingerprint density at radius 2 is 2.33 bits per heavy atom. The van der Waals surface area contributed by atoms with Gasteiger partial charge in [-0.1, -0.05) is 0 Å². The molecule has 18 heavy (non-hydrogen) atoms. The van der Waals surface area contributed by atoms with Crippen LogP contribution in [-0.2, 0) is 6.54 Å². The zero-order valence-corrected chi connectivity index (χ0v) is 9.91. The molecule has 0 unspecified atom stereocenters. The van der Waals surface area contributed by atoms with E-state index in [0.29, 0.717) is 5.56 Å². The molecule has 0 aliphatic rings. The Balaban J connectivity index is 1.75. The Morgan fingerprint density at radius 1 is 1.44 bits per heavy atom. The summed E-state index contributed by atoms with van der Waals surface area (Å²) in [5, 5.41) is 3.18. The number of amides is 1. The summed E-state index contributed by atoms with van der Waals surface area (Å²) in [5.74, 6) is 0.278. The van der Waals surface area contributed by atoms with Crippen LogP contribution in [0.25, 0.3) is 0 Å².